The molecule has 0 spiro atoms. The number of amides is 1. The van der Waals surface area contributed by atoms with E-state index in [1.165, 1.54) is 6.07 Å². The SMILES string of the molecule is CC(C)(F)CN1CCC(Cn2cc(Cc3ccc(C(N)=O)cc3)c3c(F)cccc32)CC1.O. The maximum Gasteiger partial charge on any atom is 0.248 e. The van der Waals surface area contributed by atoms with Gasteiger partial charge in [0.15, 0.2) is 0 Å². The van der Waals surface area contributed by atoms with Gasteiger partial charge in [-0.1, -0.05) is 18.2 Å². The van der Waals surface area contributed by atoms with Crippen molar-refractivity contribution < 1.29 is 19.1 Å². The molecule has 1 amide bonds. The fraction of sp³-hybridized carbons (Fsp3) is 0.423. The molecule has 1 saturated heterocycles. The Balaban J connectivity index is 0.00000306. The predicted octanol–water partition coefficient (Wildman–Crippen LogP) is 4.11. The summed E-state index contributed by atoms with van der Waals surface area (Å²) in [7, 11) is 0. The molecule has 1 aliphatic heterocycles. The molecule has 1 fully saturated rings. The first-order valence-corrected chi connectivity index (χ1v) is 11.3. The number of alkyl halides is 1. The molecule has 4 rings (SSSR count). The summed E-state index contributed by atoms with van der Waals surface area (Å²) in [5.41, 5.74) is 7.45. The number of hydrogen-bond acceptors (Lipinski definition) is 2. The average molecular weight is 458 g/mol. The number of carbonyl (C=O) groups is 1. The number of aromatic nitrogens is 1. The van der Waals surface area contributed by atoms with Gasteiger partial charge in [0.05, 0.1) is 5.52 Å². The van der Waals surface area contributed by atoms with E-state index in [4.69, 9.17) is 5.73 Å². The van der Waals surface area contributed by atoms with Crippen LogP contribution in [0.3, 0.4) is 0 Å². The van der Waals surface area contributed by atoms with E-state index in [0.29, 0.717) is 29.8 Å². The van der Waals surface area contributed by atoms with Crippen molar-refractivity contribution in [2.24, 2.45) is 11.7 Å². The van der Waals surface area contributed by atoms with E-state index >= 15 is 0 Å². The number of fused-ring (bicyclic) bond motifs is 1. The Bertz CT molecular complexity index is 1100. The second kappa shape index (κ2) is 10.0. The third-order valence-corrected chi connectivity index (χ3v) is 6.33. The van der Waals surface area contributed by atoms with Crippen molar-refractivity contribution in [2.75, 3.05) is 19.6 Å². The van der Waals surface area contributed by atoms with Gasteiger partial charge in [-0.3, -0.25) is 4.79 Å². The molecule has 1 aliphatic rings. The summed E-state index contributed by atoms with van der Waals surface area (Å²) in [5.74, 6) is -0.194. The highest BCUT2D eigenvalue weighted by molar-refractivity contribution is 5.92. The van der Waals surface area contributed by atoms with Crippen LogP contribution in [0, 0.1) is 11.7 Å². The molecule has 0 atom stereocenters. The minimum Gasteiger partial charge on any atom is -0.412 e. The molecular formula is C26H33F2N3O2. The van der Waals surface area contributed by atoms with Gasteiger partial charge >= 0.3 is 0 Å². The van der Waals surface area contributed by atoms with Crippen LogP contribution in [0.4, 0.5) is 8.78 Å². The minimum absolute atomic E-state index is 0. The van der Waals surface area contributed by atoms with E-state index in [0.717, 1.165) is 49.1 Å². The van der Waals surface area contributed by atoms with Gasteiger partial charge in [-0.15, -0.1) is 0 Å². The maximum atomic E-state index is 14.8. The smallest absolute Gasteiger partial charge is 0.248 e. The van der Waals surface area contributed by atoms with Crippen LogP contribution in [0.1, 0.15) is 48.2 Å². The quantitative estimate of drug-likeness (QED) is 0.579. The van der Waals surface area contributed by atoms with Crippen LogP contribution in [0.15, 0.2) is 48.7 Å². The third kappa shape index (κ3) is 5.97. The Morgan fingerprint density at radius 3 is 2.39 bits per heavy atom. The van der Waals surface area contributed by atoms with Gasteiger partial charge in [0.1, 0.15) is 11.5 Å². The molecule has 1 aromatic heterocycles. The Kier molecular flexibility index (Phi) is 7.55. The summed E-state index contributed by atoms with van der Waals surface area (Å²) in [6, 6.07) is 12.4. The molecule has 0 aliphatic carbocycles. The number of likely N-dealkylation sites (tertiary alicyclic amines) is 1. The van der Waals surface area contributed by atoms with Gasteiger partial charge in [-0.05, 0) is 87.5 Å². The van der Waals surface area contributed by atoms with E-state index in [1.807, 2.05) is 18.2 Å². The van der Waals surface area contributed by atoms with Crippen molar-refractivity contribution >= 4 is 16.8 Å². The number of piperidine rings is 1. The van der Waals surface area contributed by atoms with Crippen molar-refractivity contribution in [3.8, 4) is 0 Å². The van der Waals surface area contributed by atoms with Crippen LogP contribution in [-0.2, 0) is 13.0 Å². The summed E-state index contributed by atoms with van der Waals surface area (Å²) in [6.45, 7) is 6.34. The van der Waals surface area contributed by atoms with Crippen LogP contribution in [0.25, 0.3) is 10.9 Å². The van der Waals surface area contributed by atoms with E-state index in [2.05, 4.69) is 15.7 Å². The van der Waals surface area contributed by atoms with Crippen LogP contribution < -0.4 is 5.73 Å². The zero-order valence-electron chi connectivity index (χ0n) is 19.3. The highest BCUT2D eigenvalue weighted by Gasteiger charge is 2.26. The van der Waals surface area contributed by atoms with Gasteiger partial charge in [0.25, 0.3) is 0 Å². The van der Waals surface area contributed by atoms with Crippen molar-refractivity contribution in [2.45, 2.75) is 45.3 Å². The molecule has 2 heterocycles. The van der Waals surface area contributed by atoms with Gasteiger partial charge in [0.2, 0.25) is 5.91 Å². The molecule has 33 heavy (non-hydrogen) atoms. The molecule has 5 nitrogen and oxygen atoms in total. The molecule has 0 radical (unpaired) electrons. The number of hydrogen-bond donors (Lipinski definition) is 1. The second-order valence-corrected chi connectivity index (χ2v) is 9.62. The Morgan fingerprint density at radius 2 is 1.79 bits per heavy atom. The summed E-state index contributed by atoms with van der Waals surface area (Å²) in [6.07, 6.45) is 4.66. The number of nitrogens with two attached hydrogens (primary N) is 1. The molecule has 0 unspecified atom stereocenters. The first kappa shape index (κ1) is 24.9. The number of rotatable bonds is 7. The van der Waals surface area contributed by atoms with Gasteiger partial charge in [-0.2, -0.15) is 0 Å². The minimum atomic E-state index is -1.18. The Morgan fingerprint density at radius 1 is 1.12 bits per heavy atom. The van der Waals surface area contributed by atoms with Crippen molar-refractivity contribution in [1.29, 1.82) is 0 Å². The van der Waals surface area contributed by atoms with Gasteiger partial charge < -0.3 is 20.7 Å². The lowest BCUT2D eigenvalue weighted by atomic mass is 9.95. The highest BCUT2D eigenvalue weighted by atomic mass is 19.1. The molecule has 3 aromatic rings. The molecule has 0 saturated carbocycles. The van der Waals surface area contributed by atoms with Crippen LogP contribution in [0.5, 0.6) is 0 Å². The van der Waals surface area contributed by atoms with Crippen molar-refractivity contribution in [1.82, 2.24) is 9.47 Å². The number of benzene rings is 2. The van der Waals surface area contributed by atoms with E-state index in [9.17, 15) is 13.6 Å². The zero-order chi connectivity index (χ0) is 22.9. The van der Waals surface area contributed by atoms with Crippen LogP contribution >= 0.6 is 0 Å². The fourth-order valence-electron chi connectivity index (χ4n) is 4.82. The lowest BCUT2D eigenvalue weighted by Crippen LogP contribution is -2.41. The normalized spacial score (nSPS) is 15.5. The Hall–Kier alpha value is -2.77. The number of halogens is 2. The van der Waals surface area contributed by atoms with E-state index in [1.54, 1.807) is 32.0 Å². The lowest BCUT2D eigenvalue weighted by molar-refractivity contribution is 0.0928. The first-order chi connectivity index (χ1) is 15.2. The molecule has 2 aromatic carbocycles. The maximum absolute atomic E-state index is 14.8. The predicted molar refractivity (Wildman–Crippen MR) is 128 cm³/mol. The zero-order valence-corrected chi connectivity index (χ0v) is 19.3. The summed E-state index contributed by atoms with van der Waals surface area (Å²) >= 11 is 0. The summed E-state index contributed by atoms with van der Waals surface area (Å²) in [5, 5.41) is 0.656. The van der Waals surface area contributed by atoms with Crippen molar-refractivity contribution in [3.05, 3.63) is 71.2 Å². The van der Waals surface area contributed by atoms with Crippen LogP contribution in [-0.4, -0.2) is 46.2 Å². The number of nitrogens with zero attached hydrogens (tertiary/aromatic N) is 2. The Labute approximate surface area is 193 Å². The second-order valence-electron chi connectivity index (χ2n) is 9.62. The molecule has 4 N–H and O–H groups in total. The van der Waals surface area contributed by atoms with E-state index in [-0.39, 0.29) is 11.3 Å². The standard InChI is InChI=1S/C26H31F2N3O.H2O/c1-26(2,28)17-30-12-10-19(11-13-30)15-31-16-21(24-22(27)4-3-5-23(24)31)14-18-6-8-20(9-7-18)25(29)32;/h3-9,16,19H,10-15,17H2,1-2H3,(H2,29,32);1H2. The number of primary amides is 1. The van der Waals surface area contributed by atoms with Crippen molar-refractivity contribution in [3.63, 3.8) is 0 Å². The first-order valence-electron chi connectivity index (χ1n) is 11.3. The molecule has 0 bridgehead atoms. The van der Waals surface area contributed by atoms with E-state index < -0.39 is 11.6 Å². The average Bonchev–Trinajstić information content (AvgIpc) is 3.07. The van der Waals surface area contributed by atoms with Gasteiger partial charge in [-0.25, -0.2) is 8.78 Å². The fourth-order valence-corrected chi connectivity index (χ4v) is 4.82. The molecule has 178 valence electrons. The number of carbonyl (C=O) groups excluding carboxylic acids is 1. The summed E-state index contributed by atoms with van der Waals surface area (Å²) < 4.78 is 30.9. The topological polar surface area (TPSA) is 82.8 Å². The lowest BCUT2D eigenvalue weighted by Gasteiger charge is -2.34. The van der Waals surface area contributed by atoms with Crippen LogP contribution in [0.2, 0.25) is 0 Å². The van der Waals surface area contributed by atoms with Gasteiger partial charge in [0, 0.05) is 30.2 Å². The monoisotopic (exact) mass is 457 g/mol. The molecular weight excluding hydrogens is 424 g/mol. The summed E-state index contributed by atoms with van der Waals surface area (Å²) in [4.78, 5) is 13.5. The largest absolute Gasteiger partial charge is 0.412 e. The molecule has 7 heteroatoms. The highest BCUT2D eigenvalue weighted by Crippen LogP contribution is 2.29. The third-order valence-electron chi connectivity index (χ3n) is 6.33.